The first-order chi connectivity index (χ1) is 20.0. The quantitative estimate of drug-likeness (QED) is 0.116. The summed E-state index contributed by atoms with van der Waals surface area (Å²) in [5, 5.41) is 16.8. The number of aromatic nitrogens is 2. The van der Waals surface area contributed by atoms with Crippen LogP contribution in [0.4, 0.5) is 0 Å². The van der Waals surface area contributed by atoms with Gasteiger partial charge in [-0.3, -0.25) is 15.0 Å². The molecule has 220 valence electrons. The Labute approximate surface area is 255 Å². The molecule has 10 nitrogen and oxygen atoms in total. The number of nitrogens with one attached hydrogen (secondary N) is 2. The number of nitrogens with zero attached hydrogens (tertiary/aromatic N) is 1. The molecule has 0 aliphatic rings. The summed E-state index contributed by atoms with van der Waals surface area (Å²) in [4.78, 5) is 21.6. The van der Waals surface area contributed by atoms with Crippen LogP contribution in [0, 0.1) is 19.3 Å². The Balaban J connectivity index is 0.000000218. The van der Waals surface area contributed by atoms with Crippen LogP contribution in [0.2, 0.25) is 10.0 Å². The molecule has 3 aromatic heterocycles. The molecule has 2 unspecified atom stereocenters. The molecule has 0 radical (unpaired) electrons. The van der Waals surface area contributed by atoms with Crippen molar-refractivity contribution in [2.45, 2.75) is 42.9 Å². The molecule has 0 fully saturated rings. The molecule has 0 saturated carbocycles. The van der Waals surface area contributed by atoms with Crippen molar-refractivity contribution in [3.8, 4) is 0 Å². The van der Waals surface area contributed by atoms with E-state index in [-0.39, 0.29) is 20.7 Å². The van der Waals surface area contributed by atoms with Crippen LogP contribution in [0.1, 0.15) is 25.0 Å². The average Bonchev–Trinajstić information content (AvgIpc) is 3.48. The fourth-order valence-corrected chi connectivity index (χ4v) is 5.90. The summed E-state index contributed by atoms with van der Waals surface area (Å²) in [6, 6.07) is 12.9. The summed E-state index contributed by atoms with van der Waals surface area (Å²) in [5.41, 5.74) is 7.13. The molecular formula is C28H26Cl2N4O6S2. The molecule has 14 heteroatoms. The highest BCUT2D eigenvalue weighted by Crippen LogP contribution is 2.32. The highest BCUT2D eigenvalue weighted by atomic mass is 35.5. The number of benzene rings is 2. The Morgan fingerprint density at radius 2 is 1.43 bits per heavy atom. The lowest BCUT2D eigenvalue weighted by Crippen LogP contribution is -2.09. The Kier molecular flexibility index (Phi) is 11.2. The summed E-state index contributed by atoms with van der Waals surface area (Å²) in [5.74, 6) is -0.708. The normalized spacial score (nSPS) is 12.3. The molecule has 0 aliphatic heterocycles. The first-order valence-electron chi connectivity index (χ1n) is 12.3. The number of hydrogen-bond donors (Lipinski definition) is 3. The van der Waals surface area contributed by atoms with E-state index in [1.165, 1.54) is 12.1 Å². The van der Waals surface area contributed by atoms with Gasteiger partial charge < -0.3 is 14.6 Å². The average molecular weight is 650 g/mol. The van der Waals surface area contributed by atoms with Crippen molar-refractivity contribution in [1.29, 1.82) is 5.41 Å². The van der Waals surface area contributed by atoms with E-state index < -0.39 is 27.5 Å². The van der Waals surface area contributed by atoms with E-state index in [2.05, 4.69) is 10.2 Å². The molecule has 4 N–H and O–H groups in total. The minimum Gasteiger partial charge on any atom is -0.447 e. The zero-order chi connectivity index (χ0) is 31.1. The number of primary amides is 1. The second kappa shape index (κ2) is 14.4. The Hall–Kier alpha value is -3.84. The van der Waals surface area contributed by atoms with Crippen LogP contribution in [0.25, 0.3) is 21.9 Å². The van der Waals surface area contributed by atoms with Crippen LogP contribution in [0.5, 0.6) is 0 Å². The summed E-state index contributed by atoms with van der Waals surface area (Å²) in [7, 11) is -3.41. The van der Waals surface area contributed by atoms with Gasteiger partial charge >= 0.3 is 0 Å². The lowest BCUT2D eigenvalue weighted by Gasteiger charge is -1.97. The molecule has 0 bridgehead atoms. The summed E-state index contributed by atoms with van der Waals surface area (Å²) in [6.07, 6.45) is 2.08. The van der Waals surface area contributed by atoms with E-state index >= 15 is 0 Å². The van der Waals surface area contributed by atoms with E-state index in [4.69, 9.17) is 43.2 Å². The smallest absolute Gasteiger partial charge is 0.264 e. The van der Waals surface area contributed by atoms with Gasteiger partial charge in [0.2, 0.25) is 16.1 Å². The van der Waals surface area contributed by atoms with Crippen LogP contribution < -0.4 is 11.3 Å². The highest BCUT2D eigenvalue weighted by Gasteiger charge is 2.20. The van der Waals surface area contributed by atoms with E-state index in [0.29, 0.717) is 31.9 Å². The molecule has 2 atom stereocenters. The predicted molar refractivity (Wildman–Crippen MR) is 165 cm³/mol. The van der Waals surface area contributed by atoms with Crippen molar-refractivity contribution in [2.24, 2.45) is 5.73 Å². The monoisotopic (exact) mass is 648 g/mol. The largest absolute Gasteiger partial charge is 0.447 e. The fourth-order valence-electron chi connectivity index (χ4n) is 3.54. The number of halogens is 2. The van der Waals surface area contributed by atoms with E-state index in [9.17, 15) is 18.0 Å². The van der Waals surface area contributed by atoms with Gasteiger partial charge in [0, 0.05) is 44.1 Å². The van der Waals surface area contributed by atoms with Gasteiger partial charge in [-0.1, -0.05) is 37.0 Å². The number of furan rings is 2. The molecule has 0 aliphatic carbocycles. The van der Waals surface area contributed by atoms with E-state index in [1.807, 2.05) is 13.8 Å². The van der Waals surface area contributed by atoms with Crippen molar-refractivity contribution < 1.29 is 22.0 Å². The fraction of sp³-hybridized carbons (Fsp3) is 0.143. The van der Waals surface area contributed by atoms with Crippen molar-refractivity contribution in [2.75, 3.05) is 0 Å². The predicted octanol–water partition coefficient (Wildman–Crippen LogP) is 6.19. The van der Waals surface area contributed by atoms with Gasteiger partial charge in [0.25, 0.3) is 5.56 Å². The standard InChI is InChI=1S/C13H9ClN2O3S.C13H11ClN2O3S.C2H6/c1-7-9-6-8(14)2-3-10(9)19-13(7)20(18)12-5-4-11(17)15-16-12;1-7-9-6-8(14)2-3-10(9)19-13(7)20(18)12(16)5-4-11(15)17;1-2/h2-6H,1H3,(H,15,17);2-6,16H,1H3,(H2,15,17);1-2H3/b;5-4-,16-12?;. The molecule has 5 rings (SSSR count). The zero-order valence-corrected chi connectivity index (χ0v) is 26.0. The molecule has 3 heterocycles. The zero-order valence-electron chi connectivity index (χ0n) is 22.8. The number of nitrogens with two attached hydrogens (primary N) is 1. The molecule has 2 aromatic carbocycles. The maximum atomic E-state index is 12.4. The molecule has 5 aromatic rings. The number of rotatable bonds is 5. The number of amides is 1. The summed E-state index contributed by atoms with van der Waals surface area (Å²) in [6.45, 7) is 7.54. The van der Waals surface area contributed by atoms with Crippen LogP contribution >= 0.6 is 23.2 Å². The number of carbonyl (C=O) groups is 1. The van der Waals surface area contributed by atoms with Gasteiger partial charge in [0.15, 0.2) is 5.03 Å². The molecule has 0 spiro atoms. The summed E-state index contributed by atoms with van der Waals surface area (Å²) < 4.78 is 35.7. The number of aromatic amines is 1. The molecule has 0 saturated heterocycles. The Morgan fingerprint density at radius 3 is 1.93 bits per heavy atom. The first kappa shape index (κ1) is 32.7. The van der Waals surface area contributed by atoms with E-state index in [0.717, 1.165) is 28.5 Å². The topological polar surface area (TPSA) is 173 Å². The van der Waals surface area contributed by atoms with Gasteiger partial charge in [-0.15, -0.1) is 0 Å². The number of aryl methyl sites for hydroxylation is 2. The maximum Gasteiger partial charge on any atom is 0.264 e. The third-order valence-corrected chi connectivity index (χ3v) is 8.55. The van der Waals surface area contributed by atoms with Crippen LogP contribution in [0.15, 0.2) is 89.5 Å². The van der Waals surface area contributed by atoms with Crippen molar-refractivity contribution in [3.63, 3.8) is 0 Å². The highest BCUT2D eigenvalue weighted by molar-refractivity contribution is 8.00. The minimum atomic E-state index is -1.82. The second-order valence-electron chi connectivity index (χ2n) is 8.21. The van der Waals surface area contributed by atoms with Gasteiger partial charge in [-0.25, -0.2) is 13.5 Å². The Bertz CT molecular complexity index is 1910. The van der Waals surface area contributed by atoms with Gasteiger partial charge in [0.1, 0.15) is 37.8 Å². The van der Waals surface area contributed by atoms with Crippen molar-refractivity contribution in [1.82, 2.24) is 10.2 Å². The molecular weight excluding hydrogens is 623 g/mol. The van der Waals surface area contributed by atoms with Crippen molar-refractivity contribution in [3.05, 3.63) is 92.2 Å². The summed E-state index contributed by atoms with van der Waals surface area (Å²) >= 11 is 11.8. The number of carbonyl (C=O) groups excluding carboxylic acids is 1. The lowest BCUT2D eigenvalue weighted by atomic mass is 10.2. The second-order valence-corrected chi connectivity index (χ2v) is 11.8. The number of H-pyrrole nitrogens is 1. The number of hydrogen-bond acceptors (Lipinski definition) is 8. The lowest BCUT2D eigenvalue weighted by molar-refractivity contribution is -0.113. The van der Waals surface area contributed by atoms with Crippen molar-refractivity contribution >= 4 is 77.7 Å². The van der Waals surface area contributed by atoms with Gasteiger partial charge in [0.05, 0.1) is 0 Å². The third kappa shape index (κ3) is 7.51. The molecule has 1 amide bonds. The molecule has 42 heavy (non-hydrogen) atoms. The van der Waals surface area contributed by atoms with E-state index in [1.54, 1.807) is 50.2 Å². The van der Waals surface area contributed by atoms with Crippen LogP contribution in [-0.4, -0.2) is 29.6 Å². The number of fused-ring (bicyclic) bond motifs is 2. The SMILES string of the molecule is CC.Cc1c(S(=O)C(=N)/C=C\C(N)=O)oc2ccc(Cl)cc12.Cc1c(S(=O)c2ccc(=O)[nH]n2)oc2ccc(Cl)cc12. The van der Waals surface area contributed by atoms with Gasteiger partial charge in [-0.2, -0.15) is 5.10 Å². The van der Waals surface area contributed by atoms with Crippen LogP contribution in [-0.2, 0) is 26.4 Å². The first-order valence-corrected chi connectivity index (χ1v) is 15.3. The minimum absolute atomic E-state index is 0.168. The van der Waals surface area contributed by atoms with Crippen LogP contribution in [0.3, 0.4) is 0 Å². The Morgan fingerprint density at radius 1 is 0.905 bits per heavy atom. The third-order valence-electron chi connectivity index (χ3n) is 5.49. The van der Waals surface area contributed by atoms with Gasteiger partial charge in [-0.05, 0) is 62.4 Å². The maximum absolute atomic E-state index is 12.4.